The Kier molecular flexibility index (Phi) is 12.0. The van der Waals surface area contributed by atoms with Crippen molar-refractivity contribution in [2.45, 2.75) is 69.2 Å². The maximum absolute atomic E-state index is 13.2. The number of urea groups is 1. The Labute approximate surface area is 268 Å². The lowest BCUT2D eigenvalue weighted by Crippen LogP contribution is -2.48. The van der Waals surface area contributed by atoms with Crippen molar-refractivity contribution >= 4 is 53.3 Å². The van der Waals surface area contributed by atoms with Gasteiger partial charge in [0.1, 0.15) is 0 Å². The second-order valence-corrected chi connectivity index (χ2v) is 19.4. The van der Waals surface area contributed by atoms with E-state index in [9.17, 15) is 31.2 Å². The third kappa shape index (κ3) is 10.3. The Bertz CT molecular complexity index is 1450. The largest absolute Gasteiger partial charge is 0.416 e. The van der Waals surface area contributed by atoms with Crippen LogP contribution in [0.5, 0.6) is 0 Å². The van der Waals surface area contributed by atoms with E-state index in [1.54, 1.807) is 4.90 Å². The first-order valence-electron chi connectivity index (χ1n) is 14.5. The molecule has 1 aliphatic rings. The topological polar surface area (TPSA) is 120 Å². The highest BCUT2D eigenvalue weighted by Crippen LogP contribution is 2.36. The minimum Gasteiger partial charge on any atom is -0.369 e. The Morgan fingerprint density at radius 3 is 2.18 bits per heavy atom. The van der Waals surface area contributed by atoms with Gasteiger partial charge in [-0.15, -0.1) is 0 Å². The minimum atomic E-state index is -4.55. The van der Waals surface area contributed by atoms with Crippen molar-refractivity contribution in [3.8, 4) is 0 Å². The van der Waals surface area contributed by atoms with Crippen LogP contribution >= 0.6 is 11.6 Å². The highest BCUT2D eigenvalue weighted by atomic mass is 35.5. The van der Waals surface area contributed by atoms with Crippen LogP contribution in [0.25, 0.3) is 0 Å². The number of unbranched alkanes of at least 4 members (excludes halogenated alkanes) is 1. The highest BCUT2D eigenvalue weighted by molar-refractivity contribution is 7.89. The van der Waals surface area contributed by atoms with Crippen LogP contribution in [0.1, 0.15) is 45.6 Å². The average molecular weight is 692 g/mol. The standard InChI is InChI=1S/C29H41ClF3N5O5SSi/c1-28(2,3)45(4,5)43-36-26(39)8-6-7-13-34-27(40)35-23-9-11-25(12-10-23)44(41,42)38-16-14-37(15-17-38)24-19-21(29(31,32)33)18-22(30)20-24/h9-12,18-20H,6-8,13-17H2,1-5H3,(H,36,39)(H2,34,35,40). The van der Waals surface area contributed by atoms with Crippen molar-refractivity contribution in [3.63, 3.8) is 0 Å². The van der Waals surface area contributed by atoms with E-state index in [1.165, 1.54) is 34.6 Å². The molecular weight excluding hydrogens is 651 g/mol. The van der Waals surface area contributed by atoms with Crippen LogP contribution in [0.3, 0.4) is 0 Å². The third-order valence-electron chi connectivity index (χ3n) is 7.91. The fourth-order valence-electron chi connectivity index (χ4n) is 4.14. The predicted molar refractivity (Wildman–Crippen MR) is 171 cm³/mol. The van der Waals surface area contributed by atoms with Crippen LogP contribution in [0.2, 0.25) is 23.2 Å². The molecule has 2 aromatic carbocycles. The minimum absolute atomic E-state index is 0.0276. The van der Waals surface area contributed by atoms with E-state index in [-0.39, 0.29) is 59.2 Å². The number of amides is 3. The summed E-state index contributed by atoms with van der Waals surface area (Å²) in [7, 11) is -5.95. The predicted octanol–water partition coefficient (Wildman–Crippen LogP) is 6.21. The molecule has 1 fully saturated rings. The van der Waals surface area contributed by atoms with Gasteiger partial charge in [-0.2, -0.15) is 17.5 Å². The summed E-state index contributed by atoms with van der Waals surface area (Å²) in [5.74, 6) is -0.207. The van der Waals surface area contributed by atoms with Gasteiger partial charge in [-0.25, -0.2) is 18.7 Å². The molecular formula is C29H41ClF3N5O5SSi. The number of sulfonamides is 1. The Hall–Kier alpha value is -2.85. The molecule has 10 nitrogen and oxygen atoms in total. The number of piperazine rings is 1. The quantitative estimate of drug-likeness (QED) is 0.146. The summed E-state index contributed by atoms with van der Waals surface area (Å²) >= 11 is 5.90. The SMILES string of the molecule is CC(C)(C)[Si](C)(C)ONC(=O)CCCCNC(=O)Nc1ccc(S(=O)(=O)N2CCN(c3cc(Cl)cc(C(F)(F)F)c3)CC2)cc1. The molecule has 45 heavy (non-hydrogen) atoms. The van der Waals surface area contributed by atoms with Crippen LogP contribution in [-0.2, 0) is 25.5 Å². The number of alkyl halides is 3. The van der Waals surface area contributed by atoms with E-state index >= 15 is 0 Å². The Morgan fingerprint density at radius 1 is 0.978 bits per heavy atom. The number of benzene rings is 2. The van der Waals surface area contributed by atoms with Crippen molar-refractivity contribution in [2.75, 3.05) is 42.9 Å². The third-order valence-corrected chi connectivity index (χ3v) is 14.3. The Morgan fingerprint density at radius 2 is 1.60 bits per heavy atom. The van der Waals surface area contributed by atoms with Crippen LogP contribution in [0, 0.1) is 0 Å². The van der Waals surface area contributed by atoms with Gasteiger partial charge in [-0.1, -0.05) is 32.4 Å². The molecule has 1 aliphatic heterocycles. The summed E-state index contributed by atoms with van der Waals surface area (Å²) < 4.78 is 72.9. The summed E-state index contributed by atoms with van der Waals surface area (Å²) in [4.78, 5) is 26.0. The van der Waals surface area contributed by atoms with Crippen molar-refractivity contribution in [1.29, 1.82) is 0 Å². The van der Waals surface area contributed by atoms with E-state index in [1.807, 2.05) is 13.1 Å². The molecule has 0 saturated carbocycles. The molecule has 0 unspecified atom stereocenters. The van der Waals surface area contributed by atoms with Crippen LogP contribution in [-0.4, -0.2) is 65.7 Å². The second kappa shape index (κ2) is 14.7. The lowest BCUT2D eigenvalue weighted by atomic mass is 10.1. The fraction of sp³-hybridized carbons (Fsp3) is 0.517. The van der Waals surface area contributed by atoms with Gasteiger partial charge in [-0.05, 0) is 73.4 Å². The first kappa shape index (κ1) is 36.6. The smallest absolute Gasteiger partial charge is 0.369 e. The molecule has 0 atom stereocenters. The molecule has 3 rings (SSSR count). The number of hydrogen-bond acceptors (Lipinski definition) is 6. The zero-order valence-corrected chi connectivity index (χ0v) is 28.6. The number of carbonyl (C=O) groups excluding carboxylic acids is 2. The zero-order chi connectivity index (χ0) is 33.6. The normalized spacial score (nSPS) is 15.1. The average Bonchev–Trinajstić information content (AvgIpc) is 2.95. The van der Waals surface area contributed by atoms with E-state index < -0.39 is 36.1 Å². The highest BCUT2D eigenvalue weighted by Gasteiger charge is 2.38. The molecule has 3 N–H and O–H groups in total. The first-order valence-corrected chi connectivity index (χ1v) is 19.3. The number of carbonyl (C=O) groups is 2. The summed E-state index contributed by atoms with van der Waals surface area (Å²) in [5, 5.41) is 5.27. The molecule has 2 aromatic rings. The van der Waals surface area contributed by atoms with Gasteiger partial charge in [0.15, 0.2) is 0 Å². The molecule has 1 heterocycles. The Balaban J connectivity index is 1.42. The van der Waals surface area contributed by atoms with Crippen molar-refractivity contribution in [1.82, 2.24) is 15.1 Å². The molecule has 16 heteroatoms. The lowest BCUT2D eigenvalue weighted by Gasteiger charge is -2.35. The van der Waals surface area contributed by atoms with Crippen LogP contribution in [0.4, 0.5) is 29.3 Å². The number of rotatable bonds is 11. The molecule has 3 amide bonds. The summed E-state index contributed by atoms with van der Waals surface area (Å²) in [5.41, 5.74) is 2.35. The van der Waals surface area contributed by atoms with Gasteiger partial charge in [0, 0.05) is 55.5 Å². The first-order chi connectivity index (χ1) is 20.8. The molecule has 0 aliphatic carbocycles. The van der Waals surface area contributed by atoms with Gasteiger partial charge >= 0.3 is 12.2 Å². The molecule has 0 spiro atoms. The lowest BCUT2D eigenvalue weighted by molar-refractivity contribution is -0.137. The maximum Gasteiger partial charge on any atom is 0.416 e. The monoisotopic (exact) mass is 691 g/mol. The molecule has 1 saturated heterocycles. The van der Waals surface area contributed by atoms with E-state index in [2.05, 4.69) is 36.9 Å². The van der Waals surface area contributed by atoms with Crippen LogP contribution < -0.4 is 21.0 Å². The number of halogens is 4. The number of hydrogen-bond donors (Lipinski definition) is 3. The molecule has 0 radical (unpaired) electrons. The molecule has 250 valence electrons. The van der Waals surface area contributed by atoms with Crippen LogP contribution in [0.15, 0.2) is 47.4 Å². The van der Waals surface area contributed by atoms with Gasteiger partial charge in [-0.3, -0.25) is 4.79 Å². The van der Waals surface area contributed by atoms with E-state index in [4.69, 9.17) is 16.1 Å². The number of nitrogens with one attached hydrogen (secondary N) is 3. The fourth-order valence-corrected chi connectivity index (χ4v) is 6.47. The van der Waals surface area contributed by atoms with E-state index in [0.29, 0.717) is 25.1 Å². The summed E-state index contributed by atoms with van der Waals surface area (Å²) in [6.07, 6.45) is -3.15. The summed E-state index contributed by atoms with van der Waals surface area (Å²) in [6, 6.07) is 8.52. The van der Waals surface area contributed by atoms with Gasteiger partial charge in [0.25, 0.3) is 0 Å². The van der Waals surface area contributed by atoms with E-state index in [0.717, 1.165) is 12.1 Å². The number of anilines is 2. The molecule has 0 aromatic heterocycles. The van der Waals surface area contributed by atoms with Gasteiger partial charge in [0.2, 0.25) is 24.2 Å². The van der Waals surface area contributed by atoms with Crippen molar-refractivity contribution < 1.29 is 35.7 Å². The van der Waals surface area contributed by atoms with Gasteiger partial charge in [0.05, 0.1) is 10.5 Å². The zero-order valence-electron chi connectivity index (χ0n) is 26.1. The van der Waals surface area contributed by atoms with Gasteiger partial charge < -0.3 is 20.1 Å². The molecule has 0 bridgehead atoms. The number of hydroxylamine groups is 1. The number of nitrogens with zero attached hydrogens (tertiary/aromatic N) is 2. The summed E-state index contributed by atoms with van der Waals surface area (Å²) in [6.45, 7) is 11.2. The second-order valence-electron chi connectivity index (χ2n) is 12.3. The maximum atomic E-state index is 13.2. The van der Waals surface area contributed by atoms with Crippen molar-refractivity contribution in [3.05, 3.63) is 53.1 Å². The van der Waals surface area contributed by atoms with Crippen molar-refractivity contribution in [2.24, 2.45) is 0 Å².